The first-order chi connectivity index (χ1) is 11.2. The van der Waals surface area contributed by atoms with E-state index >= 15 is 0 Å². The Bertz CT molecular complexity index is 539. The van der Waals surface area contributed by atoms with Crippen molar-refractivity contribution < 1.29 is 9.59 Å². The van der Waals surface area contributed by atoms with Crippen molar-refractivity contribution in [1.29, 1.82) is 0 Å². The highest BCUT2D eigenvalue weighted by Crippen LogP contribution is 2.31. The van der Waals surface area contributed by atoms with Crippen LogP contribution in [0.3, 0.4) is 0 Å². The van der Waals surface area contributed by atoms with Gasteiger partial charge in [0.2, 0.25) is 5.91 Å². The summed E-state index contributed by atoms with van der Waals surface area (Å²) in [5, 5.41) is 1.93. The summed E-state index contributed by atoms with van der Waals surface area (Å²) in [4.78, 5) is 30.1. The maximum absolute atomic E-state index is 12.9. The molecule has 23 heavy (non-hydrogen) atoms. The molecule has 0 radical (unpaired) electrons. The van der Waals surface area contributed by atoms with Crippen LogP contribution in [0.5, 0.6) is 0 Å². The monoisotopic (exact) mass is 334 g/mol. The first-order valence-electron chi connectivity index (χ1n) is 8.80. The highest BCUT2D eigenvalue weighted by atomic mass is 32.1. The zero-order valence-corrected chi connectivity index (χ0v) is 14.7. The molecule has 1 atom stereocenters. The summed E-state index contributed by atoms with van der Waals surface area (Å²) in [6.45, 7) is 5.25. The van der Waals surface area contributed by atoms with Crippen LogP contribution >= 0.6 is 11.3 Å². The molecule has 2 amide bonds. The summed E-state index contributed by atoms with van der Waals surface area (Å²) in [6, 6.07) is 3.78. The van der Waals surface area contributed by atoms with Gasteiger partial charge in [0, 0.05) is 26.2 Å². The Hall–Kier alpha value is -1.36. The van der Waals surface area contributed by atoms with Gasteiger partial charge in [0.1, 0.15) is 0 Å². The summed E-state index contributed by atoms with van der Waals surface area (Å²) in [5.41, 5.74) is 0. The maximum atomic E-state index is 12.9. The van der Waals surface area contributed by atoms with Crippen molar-refractivity contribution in [1.82, 2.24) is 9.80 Å². The lowest BCUT2D eigenvalue weighted by Crippen LogP contribution is -2.47. The van der Waals surface area contributed by atoms with Crippen molar-refractivity contribution in [3.63, 3.8) is 0 Å². The predicted molar refractivity (Wildman–Crippen MR) is 92.5 cm³/mol. The van der Waals surface area contributed by atoms with Gasteiger partial charge in [-0.3, -0.25) is 9.59 Å². The van der Waals surface area contributed by atoms with Gasteiger partial charge in [0.15, 0.2) is 0 Å². The van der Waals surface area contributed by atoms with Gasteiger partial charge in [0.25, 0.3) is 5.91 Å². The normalized spacial score (nSPS) is 21.3. The predicted octanol–water partition coefficient (Wildman–Crippen LogP) is 3.25. The van der Waals surface area contributed by atoms with E-state index in [9.17, 15) is 9.59 Å². The number of carbonyl (C=O) groups excluding carboxylic acids is 2. The Balaban J connectivity index is 1.62. The van der Waals surface area contributed by atoms with E-state index in [0.717, 1.165) is 49.7 Å². The van der Waals surface area contributed by atoms with Crippen LogP contribution in [-0.4, -0.2) is 47.8 Å². The van der Waals surface area contributed by atoms with Crippen LogP contribution in [0.25, 0.3) is 0 Å². The number of hydrogen-bond acceptors (Lipinski definition) is 3. The van der Waals surface area contributed by atoms with Crippen LogP contribution < -0.4 is 0 Å². The van der Waals surface area contributed by atoms with Crippen molar-refractivity contribution in [3.8, 4) is 0 Å². The number of carbonyl (C=O) groups is 2. The lowest BCUT2D eigenvalue weighted by atomic mass is 9.96. The lowest BCUT2D eigenvalue weighted by molar-refractivity contribution is -0.137. The molecule has 5 heteroatoms. The van der Waals surface area contributed by atoms with Crippen molar-refractivity contribution in [3.05, 3.63) is 22.4 Å². The molecule has 3 rings (SSSR count). The zero-order valence-electron chi connectivity index (χ0n) is 13.9. The molecule has 2 aliphatic rings. The minimum Gasteiger partial charge on any atom is -0.342 e. The van der Waals surface area contributed by atoms with Crippen LogP contribution in [0.1, 0.15) is 48.7 Å². The van der Waals surface area contributed by atoms with Crippen LogP contribution in [0.15, 0.2) is 17.5 Å². The molecular weight excluding hydrogens is 308 g/mol. The first-order valence-corrected chi connectivity index (χ1v) is 9.68. The van der Waals surface area contributed by atoms with E-state index in [2.05, 4.69) is 11.8 Å². The summed E-state index contributed by atoms with van der Waals surface area (Å²) in [6.07, 6.45) is 5.38. The fourth-order valence-corrected chi connectivity index (χ4v) is 4.04. The molecule has 0 bridgehead atoms. The molecular formula is C18H26N2O2S. The zero-order chi connectivity index (χ0) is 16.2. The van der Waals surface area contributed by atoms with Gasteiger partial charge < -0.3 is 9.80 Å². The van der Waals surface area contributed by atoms with E-state index in [1.165, 1.54) is 24.2 Å². The minimum absolute atomic E-state index is 0.0158. The van der Waals surface area contributed by atoms with E-state index in [4.69, 9.17) is 0 Å². The Kier molecular flexibility index (Phi) is 5.36. The Morgan fingerprint density at radius 2 is 2.17 bits per heavy atom. The van der Waals surface area contributed by atoms with Gasteiger partial charge in [-0.15, -0.1) is 11.3 Å². The molecule has 1 aliphatic carbocycles. The molecule has 4 nitrogen and oxygen atoms in total. The molecule has 2 heterocycles. The number of rotatable bonds is 6. The largest absolute Gasteiger partial charge is 0.342 e. The third-order valence-corrected chi connectivity index (χ3v) is 5.63. The Morgan fingerprint density at radius 1 is 1.35 bits per heavy atom. The second-order valence-electron chi connectivity index (χ2n) is 6.80. The fourth-order valence-electron chi connectivity index (χ4n) is 3.35. The third-order valence-electron chi connectivity index (χ3n) is 4.77. The molecule has 0 spiro atoms. The second-order valence-corrected chi connectivity index (χ2v) is 7.74. The van der Waals surface area contributed by atoms with Crippen molar-refractivity contribution >= 4 is 23.2 Å². The molecule has 0 aromatic carbocycles. The molecule has 2 fully saturated rings. The molecule has 1 aliphatic heterocycles. The van der Waals surface area contributed by atoms with Gasteiger partial charge in [0.05, 0.1) is 10.8 Å². The number of piperidine rings is 1. The summed E-state index contributed by atoms with van der Waals surface area (Å²) >= 11 is 1.48. The van der Waals surface area contributed by atoms with E-state index in [1.807, 2.05) is 22.4 Å². The molecule has 1 saturated heterocycles. The van der Waals surface area contributed by atoms with E-state index < -0.39 is 0 Å². The molecule has 0 N–H and O–H groups in total. The summed E-state index contributed by atoms with van der Waals surface area (Å²) < 4.78 is 0. The summed E-state index contributed by atoms with van der Waals surface area (Å²) in [7, 11) is 0. The standard InChI is InChI=1S/C18H26N2O2S/c1-2-9-19(12-14-7-8-14)17(21)15-5-3-10-20(13-15)18(22)16-6-4-11-23-16/h4,6,11,14-15H,2-3,5,7-10,12-13H2,1H3. The average molecular weight is 334 g/mol. The van der Waals surface area contributed by atoms with Crippen molar-refractivity contribution in [2.24, 2.45) is 11.8 Å². The van der Waals surface area contributed by atoms with Crippen LogP contribution in [0, 0.1) is 11.8 Å². The highest BCUT2D eigenvalue weighted by Gasteiger charge is 2.33. The topological polar surface area (TPSA) is 40.6 Å². The van der Waals surface area contributed by atoms with E-state index in [0.29, 0.717) is 6.54 Å². The van der Waals surface area contributed by atoms with Gasteiger partial charge in [-0.2, -0.15) is 0 Å². The third kappa shape index (κ3) is 4.14. The van der Waals surface area contributed by atoms with Crippen LogP contribution in [0.4, 0.5) is 0 Å². The number of thiophene rings is 1. The molecule has 1 unspecified atom stereocenters. The van der Waals surface area contributed by atoms with Crippen LogP contribution in [-0.2, 0) is 4.79 Å². The molecule has 1 saturated carbocycles. The van der Waals surface area contributed by atoms with Gasteiger partial charge in [-0.25, -0.2) is 0 Å². The number of nitrogens with zero attached hydrogens (tertiary/aromatic N) is 2. The Labute approximate surface area is 142 Å². The number of hydrogen-bond donors (Lipinski definition) is 0. The maximum Gasteiger partial charge on any atom is 0.263 e. The highest BCUT2D eigenvalue weighted by molar-refractivity contribution is 7.12. The quantitative estimate of drug-likeness (QED) is 0.801. The smallest absolute Gasteiger partial charge is 0.263 e. The van der Waals surface area contributed by atoms with E-state index in [-0.39, 0.29) is 17.7 Å². The fraction of sp³-hybridized carbons (Fsp3) is 0.667. The lowest BCUT2D eigenvalue weighted by Gasteiger charge is -2.35. The summed E-state index contributed by atoms with van der Waals surface area (Å²) in [5.74, 6) is 1.06. The van der Waals surface area contributed by atoms with Gasteiger partial charge in [-0.1, -0.05) is 13.0 Å². The number of amides is 2. The second kappa shape index (κ2) is 7.47. The Morgan fingerprint density at radius 3 is 2.83 bits per heavy atom. The van der Waals surface area contributed by atoms with Crippen molar-refractivity contribution in [2.45, 2.75) is 39.0 Å². The molecule has 1 aromatic rings. The van der Waals surface area contributed by atoms with Crippen molar-refractivity contribution in [2.75, 3.05) is 26.2 Å². The molecule has 1 aromatic heterocycles. The van der Waals surface area contributed by atoms with Gasteiger partial charge >= 0.3 is 0 Å². The first kappa shape index (κ1) is 16.5. The number of likely N-dealkylation sites (tertiary alicyclic amines) is 1. The average Bonchev–Trinajstić information content (AvgIpc) is 3.23. The SMILES string of the molecule is CCCN(CC1CC1)C(=O)C1CCCN(C(=O)c2cccs2)C1. The minimum atomic E-state index is -0.0158. The molecule has 126 valence electrons. The van der Waals surface area contributed by atoms with Crippen LogP contribution in [0.2, 0.25) is 0 Å². The van der Waals surface area contributed by atoms with E-state index in [1.54, 1.807) is 0 Å². The van der Waals surface area contributed by atoms with Gasteiger partial charge in [-0.05, 0) is 49.5 Å².